The third kappa shape index (κ3) is 6.00. The Balaban J connectivity index is 1.96. The topological polar surface area (TPSA) is 64.6 Å². The molecule has 5 nitrogen and oxygen atoms in total. The minimum absolute atomic E-state index is 0.147. The second-order valence-electron chi connectivity index (χ2n) is 5.93. The molecule has 0 saturated heterocycles. The fourth-order valence-electron chi connectivity index (χ4n) is 2.40. The van der Waals surface area contributed by atoms with E-state index in [4.69, 9.17) is 9.47 Å². The molecule has 0 aliphatic heterocycles. The molecule has 2 aromatic carbocycles. The van der Waals surface area contributed by atoms with E-state index < -0.39 is 29.7 Å². The van der Waals surface area contributed by atoms with Crippen LogP contribution in [0.5, 0.6) is 5.75 Å². The molecule has 0 saturated carbocycles. The van der Waals surface area contributed by atoms with Crippen molar-refractivity contribution in [1.82, 2.24) is 0 Å². The van der Waals surface area contributed by atoms with Crippen LogP contribution in [0.2, 0.25) is 0 Å². The van der Waals surface area contributed by atoms with Crippen molar-refractivity contribution in [3.05, 3.63) is 59.7 Å². The molecule has 0 radical (unpaired) electrons. The lowest BCUT2D eigenvalue weighted by Gasteiger charge is -2.16. The predicted molar refractivity (Wildman–Crippen MR) is 96.9 cm³/mol. The summed E-state index contributed by atoms with van der Waals surface area (Å²) in [4.78, 5) is 24.3. The first kappa shape index (κ1) is 21.3. The van der Waals surface area contributed by atoms with Gasteiger partial charge in [0.05, 0.1) is 24.3 Å². The maximum Gasteiger partial charge on any atom is 0.416 e. The van der Waals surface area contributed by atoms with Crippen molar-refractivity contribution in [2.75, 3.05) is 11.9 Å². The molecule has 1 atom stereocenters. The van der Waals surface area contributed by atoms with Crippen molar-refractivity contribution in [2.45, 2.75) is 32.5 Å². The highest BCUT2D eigenvalue weighted by molar-refractivity contribution is 5.96. The molecule has 0 bridgehead atoms. The van der Waals surface area contributed by atoms with Crippen LogP contribution in [-0.4, -0.2) is 24.6 Å². The maximum atomic E-state index is 12.7. The smallest absolute Gasteiger partial charge is 0.416 e. The number of carbonyl (C=O) groups is 2. The fraction of sp³-hybridized carbons (Fsp3) is 0.300. The van der Waals surface area contributed by atoms with Gasteiger partial charge in [-0.15, -0.1) is 0 Å². The van der Waals surface area contributed by atoms with Crippen LogP contribution in [-0.2, 0) is 26.9 Å². The predicted octanol–water partition coefficient (Wildman–Crippen LogP) is 4.22. The highest BCUT2D eigenvalue weighted by Crippen LogP contribution is 2.29. The van der Waals surface area contributed by atoms with E-state index in [0.717, 1.165) is 12.1 Å². The number of hydrogen-bond donors (Lipinski definition) is 1. The number of anilines is 1. The molecule has 0 spiro atoms. The minimum Gasteiger partial charge on any atom is -0.492 e. The standard InChI is InChI=1S/C20H20F3NO4/c1-3-27-17-10-5-4-9-16(17)24-19(26)13(2)28-18(25)12-14-7-6-8-15(11-14)20(21,22)23/h4-11,13H,3,12H2,1-2H3,(H,24,26). The SMILES string of the molecule is CCOc1ccccc1NC(=O)C(C)OC(=O)Cc1cccc(C(F)(F)F)c1. The first-order valence-corrected chi connectivity index (χ1v) is 8.59. The lowest BCUT2D eigenvalue weighted by Crippen LogP contribution is -2.30. The lowest BCUT2D eigenvalue weighted by atomic mass is 10.1. The van der Waals surface area contributed by atoms with E-state index in [1.807, 2.05) is 0 Å². The van der Waals surface area contributed by atoms with Crippen LogP contribution in [0.25, 0.3) is 0 Å². The van der Waals surface area contributed by atoms with Crippen LogP contribution in [0, 0.1) is 0 Å². The average Bonchev–Trinajstić information content (AvgIpc) is 2.63. The van der Waals surface area contributed by atoms with E-state index in [0.29, 0.717) is 18.0 Å². The van der Waals surface area contributed by atoms with E-state index in [1.54, 1.807) is 31.2 Å². The van der Waals surface area contributed by atoms with E-state index in [2.05, 4.69) is 5.32 Å². The monoisotopic (exact) mass is 395 g/mol. The maximum absolute atomic E-state index is 12.7. The van der Waals surface area contributed by atoms with E-state index in [1.165, 1.54) is 19.1 Å². The summed E-state index contributed by atoms with van der Waals surface area (Å²) in [7, 11) is 0. The number of alkyl halides is 3. The number of nitrogens with one attached hydrogen (secondary N) is 1. The van der Waals surface area contributed by atoms with Gasteiger partial charge in [0.15, 0.2) is 6.10 Å². The van der Waals surface area contributed by atoms with Gasteiger partial charge in [0.2, 0.25) is 0 Å². The number of halogens is 3. The summed E-state index contributed by atoms with van der Waals surface area (Å²) in [5.74, 6) is -0.912. The van der Waals surface area contributed by atoms with Crippen molar-refractivity contribution < 1.29 is 32.2 Å². The Hall–Kier alpha value is -3.03. The average molecular weight is 395 g/mol. The van der Waals surface area contributed by atoms with Gasteiger partial charge >= 0.3 is 12.1 Å². The Kier molecular flexibility index (Phi) is 7.03. The summed E-state index contributed by atoms with van der Waals surface area (Å²) in [5, 5.41) is 2.60. The van der Waals surface area contributed by atoms with Crippen molar-refractivity contribution in [2.24, 2.45) is 0 Å². The number of ether oxygens (including phenoxy) is 2. The molecule has 0 aromatic heterocycles. The van der Waals surface area contributed by atoms with Gasteiger partial charge in [-0.05, 0) is 37.6 Å². The highest BCUT2D eigenvalue weighted by atomic mass is 19.4. The summed E-state index contributed by atoms with van der Waals surface area (Å²) in [6.45, 7) is 3.59. The summed E-state index contributed by atoms with van der Waals surface area (Å²) >= 11 is 0. The number of para-hydroxylation sites is 2. The molecule has 28 heavy (non-hydrogen) atoms. The number of esters is 1. The molecule has 0 fully saturated rings. The second kappa shape index (κ2) is 9.25. The lowest BCUT2D eigenvalue weighted by molar-refractivity contribution is -0.152. The number of rotatable bonds is 7. The van der Waals surface area contributed by atoms with E-state index >= 15 is 0 Å². The first-order valence-electron chi connectivity index (χ1n) is 8.59. The molecular formula is C20H20F3NO4. The highest BCUT2D eigenvalue weighted by Gasteiger charge is 2.30. The quantitative estimate of drug-likeness (QED) is 0.713. The van der Waals surface area contributed by atoms with Crippen molar-refractivity contribution in [3.63, 3.8) is 0 Å². The third-order valence-corrected chi connectivity index (χ3v) is 3.72. The van der Waals surface area contributed by atoms with E-state index in [9.17, 15) is 22.8 Å². The number of carbonyl (C=O) groups excluding carboxylic acids is 2. The van der Waals surface area contributed by atoms with Crippen molar-refractivity contribution in [1.29, 1.82) is 0 Å². The molecule has 150 valence electrons. The Morgan fingerprint density at radius 2 is 1.82 bits per heavy atom. The van der Waals surface area contributed by atoms with Gasteiger partial charge in [-0.2, -0.15) is 13.2 Å². The molecule has 2 aromatic rings. The minimum atomic E-state index is -4.50. The van der Waals surface area contributed by atoms with Gasteiger partial charge in [-0.1, -0.05) is 30.3 Å². The zero-order chi connectivity index (χ0) is 20.7. The molecule has 1 amide bonds. The molecule has 2 rings (SSSR count). The number of benzene rings is 2. The zero-order valence-corrected chi connectivity index (χ0v) is 15.4. The van der Waals surface area contributed by atoms with Crippen LogP contribution in [0.4, 0.5) is 18.9 Å². The van der Waals surface area contributed by atoms with Gasteiger partial charge in [-0.3, -0.25) is 9.59 Å². The largest absolute Gasteiger partial charge is 0.492 e. The fourth-order valence-corrected chi connectivity index (χ4v) is 2.40. The van der Waals surface area contributed by atoms with Gasteiger partial charge < -0.3 is 14.8 Å². The van der Waals surface area contributed by atoms with Gasteiger partial charge in [0, 0.05) is 0 Å². The summed E-state index contributed by atoms with van der Waals surface area (Å²) in [6, 6.07) is 11.2. The van der Waals surface area contributed by atoms with Gasteiger partial charge in [-0.25, -0.2) is 0 Å². The van der Waals surface area contributed by atoms with Crippen LogP contribution >= 0.6 is 0 Å². The van der Waals surface area contributed by atoms with Crippen LogP contribution in [0.1, 0.15) is 25.0 Å². The number of amides is 1. The molecule has 1 N–H and O–H groups in total. The molecular weight excluding hydrogens is 375 g/mol. The Morgan fingerprint density at radius 3 is 2.50 bits per heavy atom. The van der Waals surface area contributed by atoms with Crippen LogP contribution in [0.15, 0.2) is 48.5 Å². The Morgan fingerprint density at radius 1 is 1.11 bits per heavy atom. The van der Waals surface area contributed by atoms with Gasteiger partial charge in [0.25, 0.3) is 5.91 Å². The normalized spacial score (nSPS) is 12.2. The van der Waals surface area contributed by atoms with Crippen molar-refractivity contribution >= 4 is 17.6 Å². The first-order chi connectivity index (χ1) is 13.2. The molecule has 8 heteroatoms. The zero-order valence-electron chi connectivity index (χ0n) is 15.4. The van der Waals surface area contributed by atoms with Gasteiger partial charge in [0.1, 0.15) is 5.75 Å². The molecule has 0 aliphatic carbocycles. The van der Waals surface area contributed by atoms with Crippen LogP contribution < -0.4 is 10.1 Å². The van der Waals surface area contributed by atoms with E-state index in [-0.39, 0.29) is 12.0 Å². The Labute approximate surface area is 160 Å². The molecule has 0 heterocycles. The summed E-state index contributed by atoms with van der Waals surface area (Å²) in [6.07, 6.45) is -6.01. The second-order valence-corrected chi connectivity index (χ2v) is 5.93. The Bertz CT molecular complexity index is 836. The molecule has 1 unspecified atom stereocenters. The number of hydrogen-bond acceptors (Lipinski definition) is 4. The summed E-state index contributed by atoms with van der Waals surface area (Å²) < 4.78 is 48.7. The van der Waals surface area contributed by atoms with Crippen LogP contribution in [0.3, 0.4) is 0 Å². The molecule has 0 aliphatic rings. The third-order valence-electron chi connectivity index (χ3n) is 3.72. The summed E-state index contributed by atoms with van der Waals surface area (Å²) in [5.41, 5.74) is -0.277. The van der Waals surface area contributed by atoms with Crippen molar-refractivity contribution in [3.8, 4) is 5.75 Å².